The van der Waals surface area contributed by atoms with Crippen molar-refractivity contribution in [1.29, 1.82) is 0 Å². The van der Waals surface area contributed by atoms with Gasteiger partial charge in [-0.3, -0.25) is 14.5 Å². The number of benzene rings is 2. The van der Waals surface area contributed by atoms with Crippen molar-refractivity contribution in [1.82, 2.24) is 4.98 Å². The molecular formula is C23H23N3O3S. The van der Waals surface area contributed by atoms with Gasteiger partial charge in [0.2, 0.25) is 10.0 Å². The highest BCUT2D eigenvalue weighted by molar-refractivity contribution is 7.92. The van der Waals surface area contributed by atoms with E-state index in [0.717, 1.165) is 23.2 Å². The molecule has 0 spiro atoms. The molecule has 0 fully saturated rings. The highest BCUT2D eigenvalue weighted by atomic mass is 32.2. The largest absolute Gasteiger partial charge is 0.308 e. The molecule has 1 N–H and O–H groups in total. The van der Waals surface area contributed by atoms with E-state index in [9.17, 15) is 13.2 Å². The highest BCUT2D eigenvalue weighted by Crippen LogP contribution is 2.32. The van der Waals surface area contributed by atoms with Gasteiger partial charge in [-0.15, -0.1) is 0 Å². The van der Waals surface area contributed by atoms with Gasteiger partial charge in [-0.1, -0.05) is 30.3 Å². The summed E-state index contributed by atoms with van der Waals surface area (Å²) >= 11 is 0. The smallest absolute Gasteiger partial charge is 0.259 e. The first kappa shape index (κ1) is 20.1. The van der Waals surface area contributed by atoms with E-state index in [0.29, 0.717) is 30.6 Å². The molecule has 4 rings (SSSR count). The topological polar surface area (TPSA) is 79.4 Å². The molecule has 1 aliphatic heterocycles. The Labute approximate surface area is 176 Å². The molecule has 154 valence electrons. The second-order valence-electron chi connectivity index (χ2n) is 7.30. The van der Waals surface area contributed by atoms with Crippen LogP contribution in [-0.4, -0.2) is 31.6 Å². The van der Waals surface area contributed by atoms with Gasteiger partial charge in [0.05, 0.1) is 11.3 Å². The van der Waals surface area contributed by atoms with Crippen molar-refractivity contribution in [3.63, 3.8) is 0 Å². The van der Waals surface area contributed by atoms with Crippen LogP contribution in [0, 0.1) is 0 Å². The summed E-state index contributed by atoms with van der Waals surface area (Å²) in [5.74, 6) is -0.0407. The Morgan fingerprint density at radius 1 is 1.07 bits per heavy atom. The number of hydrogen-bond donors (Lipinski definition) is 1. The summed E-state index contributed by atoms with van der Waals surface area (Å²) in [6, 6.07) is 18.7. The molecule has 6 nitrogen and oxygen atoms in total. The molecule has 0 atom stereocenters. The van der Waals surface area contributed by atoms with Crippen LogP contribution in [0.3, 0.4) is 0 Å². The van der Waals surface area contributed by atoms with Crippen LogP contribution in [0.15, 0.2) is 73.1 Å². The van der Waals surface area contributed by atoms with Gasteiger partial charge in [0.25, 0.3) is 5.91 Å². The standard InChI is InChI=1S/C23H23N3O3S/c27-23(20-9-4-13-24-17-20)26-14-12-19-16-21(10-11-22(19)26)25-30(28,29)15-5-8-18-6-2-1-3-7-18/h1-4,6-7,9-11,13,16-17,25H,5,8,12,14-15H2. The summed E-state index contributed by atoms with van der Waals surface area (Å²) in [5, 5.41) is 0. The fraction of sp³-hybridized carbons (Fsp3) is 0.217. The number of pyridine rings is 1. The Bertz CT molecular complexity index is 1130. The molecule has 2 aromatic carbocycles. The third-order valence-electron chi connectivity index (χ3n) is 5.12. The number of anilines is 2. The predicted octanol–water partition coefficient (Wildman–Crippen LogP) is 3.66. The summed E-state index contributed by atoms with van der Waals surface area (Å²) < 4.78 is 27.6. The summed E-state index contributed by atoms with van der Waals surface area (Å²) in [5.41, 5.74) is 3.97. The average molecular weight is 422 g/mol. The average Bonchev–Trinajstić information content (AvgIpc) is 3.17. The molecule has 0 saturated heterocycles. The van der Waals surface area contributed by atoms with Crippen molar-refractivity contribution in [3.8, 4) is 0 Å². The van der Waals surface area contributed by atoms with E-state index in [4.69, 9.17) is 0 Å². The first-order chi connectivity index (χ1) is 14.5. The van der Waals surface area contributed by atoms with Gasteiger partial charge in [-0.25, -0.2) is 8.42 Å². The zero-order chi connectivity index (χ0) is 21.0. The maximum Gasteiger partial charge on any atom is 0.259 e. The normalized spacial score (nSPS) is 13.1. The van der Waals surface area contributed by atoms with Gasteiger partial charge in [-0.05, 0) is 60.7 Å². The van der Waals surface area contributed by atoms with Gasteiger partial charge in [0.15, 0.2) is 0 Å². The number of aromatic nitrogens is 1. The summed E-state index contributed by atoms with van der Waals surface area (Å²) in [4.78, 5) is 18.5. The number of hydrogen-bond acceptors (Lipinski definition) is 4. The Balaban J connectivity index is 1.40. The Hall–Kier alpha value is -3.19. The minimum atomic E-state index is -3.43. The summed E-state index contributed by atoms with van der Waals surface area (Å²) in [7, 11) is -3.43. The minimum Gasteiger partial charge on any atom is -0.308 e. The Morgan fingerprint density at radius 3 is 2.67 bits per heavy atom. The SMILES string of the molecule is O=C(c1cccnc1)N1CCc2cc(NS(=O)(=O)CCCc3ccccc3)ccc21. The lowest BCUT2D eigenvalue weighted by atomic mass is 10.1. The van der Waals surface area contributed by atoms with Crippen molar-refractivity contribution in [2.75, 3.05) is 21.9 Å². The Morgan fingerprint density at radius 2 is 1.90 bits per heavy atom. The zero-order valence-electron chi connectivity index (χ0n) is 16.5. The third kappa shape index (κ3) is 4.68. The van der Waals surface area contributed by atoms with Crippen molar-refractivity contribution in [2.45, 2.75) is 19.3 Å². The van der Waals surface area contributed by atoms with E-state index in [1.54, 1.807) is 41.6 Å². The lowest BCUT2D eigenvalue weighted by Gasteiger charge is -2.17. The predicted molar refractivity (Wildman–Crippen MR) is 118 cm³/mol. The zero-order valence-corrected chi connectivity index (χ0v) is 17.3. The molecule has 7 heteroatoms. The van der Waals surface area contributed by atoms with Crippen molar-refractivity contribution in [2.24, 2.45) is 0 Å². The number of carbonyl (C=O) groups excluding carboxylic acids is 1. The molecule has 0 radical (unpaired) electrons. The number of amides is 1. The quantitative estimate of drug-likeness (QED) is 0.631. The molecule has 1 amide bonds. The molecule has 0 saturated carbocycles. The second kappa shape index (κ2) is 8.67. The van der Waals surface area contributed by atoms with E-state index in [2.05, 4.69) is 9.71 Å². The van der Waals surface area contributed by atoms with Gasteiger partial charge in [0.1, 0.15) is 0 Å². The molecule has 0 aliphatic carbocycles. The molecule has 0 unspecified atom stereocenters. The van der Waals surface area contributed by atoms with Crippen LogP contribution in [0.1, 0.15) is 27.9 Å². The van der Waals surface area contributed by atoms with Gasteiger partial charge >= 0.3 is 0 Å². The second-order valence-corrected chi connectivity index (χ2v) is 9.14. The first-order valence-electron chi connectivity index (χ1n) is 9.91. The van der Waals surface area contributed by atoms with E-state index in [-0.39, 0.29) is 11.7 Å². The van der Waals surface area contributed by atoms with Crippen molar-refractivity contribution >= 4 is 27.3 Å². The molecule has 30 heavy (non-hydrogen) atoms. The fourth-order valence-corrected chi connectivity index (χ4v) is 4.78. The van der Waals surface area contributed by atoms with Crippen LogP contribution in [0.4, 0.5) is 11.4 Å². The molecule has 3 aromatic rings. The van der Waals surface area contributed by atoms with Crippen LogP contribution in [0.5, 0.6) is 0 Å². The number of fused-ring (bicyclic) bond motifs is 1. The molecule has 0 bridgehead atoms. The fourth-order valence-electron chi connectivity index (χ4n) is 3.66. The van der Waals surface area contributed by atoms with Gasteiger partial charge in [-0.2, -0.15) is 0 Å². The van der Waals surface area contributed by atoms with E-state index in [1.165, 1.54) is 0 Å². The number of nitrogens with zero attached hydrogens (tertiary/aromatic N) is 2. The van der Waals surface area contributed by atoms with Crippen LogP contribution in [-0.2, 0) is 22.9 Å². The summed E-state index contributed by atoms with van der Waals surface area (Å²) in [6.07, 6.45) is 5.14. The van der Waals surface area contributed by atoms with E-state index < -0.39 is 10.0 Å². The molecule has 2 heterocycles. The van der Waals surface area contributed by atoms with Crippen LogP contribution < -0.4 is 9.62 Å². The number of aryl methyl sites for hydroxylation is 1. The first-order valence-corrected chi connectivity index (χ1v) is 11.6. The number of rotatable bonds is 7. The molecular weight excluding hydrogens is 398 g/mol. The van der Waals surface area contributed by atoms with E-state index >= 15 is 0 Å². The van der Waals surface area contributed by atoms with Crippen molar-refractivity contribution in [3.05, 3.63) is 89.7 Å². The van der Waals surface area contributed by atoms with Crippen LogP contribution in [0.2, 0.25) is 0 Å². The van der Waals surface area contributed by atoms with Crippen LogP contribution in [0.25, 0.3) is 0 Å². The lowest BCUT2D eigenvalue weighted by molar-refractivity contribution is 0.0989. The minimum absolute atomic E-state index is 0.0601. The Kier molecular flexibility index (Phi) is 5.81. The monoisotopic (exact) mass is 421 g/mol. The molecule has 1 aromatic heterocycles. The number of sulfonamides is 1. The van der Waals surface area contributed by atoms with Crippen molar-refractivity contribution < 1.29 is 13.2 Å². The molecule has 1 aliphatic rings. The lowest BCUT2D eigenvalue weighted by Crippen LogP contribution is -2.28. The highest BCUT2D eigenvalue weighted by Gasteiger charge is 2.26. The maximum absolute atomic E-state index is 12.7. The van der Waals surface area contributed by atoms with E-state index in [1.807, 2.05) is 36.4 Å². The maximum atomic E-state index is 12.7. The van der Waals surface area contributed by atoms with Gasteiger partial charge < -0.3 is 4.90 Å². The van der Waals surface area contributed by atoms with Gasteiger partial charge in [0, 0.05) is 30.3 Å². The third-order valence-corrected chi connectivity index (χ3v) is 6.50. The number of nitrogens with one attached hydrogen (secondary N) is 1. The van der Waals surface area contributed by atoms with Crippen LogP contribution >= 0.6 is 0 Å². The summed E-state index contributed by atoms with van der Waals surface area (Å²) in [6.45, 7) is 0.566. The number of carbonyl (C=O) groups is 1.